The van der Waals surface area contributed by atoms with Gasteiger partial charge in [0.1, 0.15) is 11.9 Å². The highest BCUT2D eigenvalue weighted by molar-refractivity contribution is 5.78. The topological polar surface area (TPSA) is 38.3 Å². The number of para-hydroxylation sites is 1. The van der Waals surface area contributed by atoms with Gasteiger partial charge in [-0.25, -0.2) is 9.18 Å². The van der Waals surface area contributed by atoms with E-state index >= 15 is 0 Å². The van der Waals surface area contributed by atoms with Crippen molar-refractivity contribution < 1.29 is 13.9 Å². The Kier molecular flexibility index (Phi) is 3.45. The highest BCUT2D eigenvalue weighted by Gasteiger charge is 2.13. The van der Waals surface area contributed by atoms with E-state index in [0.29, 0.717) is 5.69 Å². The Balaban J connectivity index is 2.69. The van der Waals surface area contributed by atoms with E-state index in [1.54, 1.807) is 25.1 Å². The van der Waals surface area contributed by atoms with Crippen LogP contribution in [0, 0.1) is 5.82 Å². The quantitative estimate of drug-likeness (QED) is 0.751. The van der Waals surface area contributed by atoms with Gasteiger partial charge in [-0.2, -0.15) is 0 Å². The third-order valence-electron chi connectivity index (χ3n) is 1.80. The SMILES string of the molecule is COC(=O)C(C)Nc1ccccc1F. The largest absolute Gasteiger partial charge is 0.467 e. The second-order valence-corrected chi connectivity index (χ2v) is 2.87. The molecule has 14 heavy (non-hydrogen) atoms. The molecule has 1 rings (SSSR count). The summed E-state index contributed by atoms with van der Waals surface area (Å²) < 4.78 is 17.6. The van der Waals surface area contributed by atoms with Crippen molar-refractivity contribution in [3.8, 4) is 0 Å². The Morgan fingerprint density at radius 3 is 2.71 bits per heavy atom. The lowest BCUT2D eigenvalue weighted by atomic mass is 10.2. The minimum Gasteiger partial charge on any atom is -0.467 e. The highest BCUT2D eigenvalue weighted by Crippen LogP contribution is 2.13. The molecule has 0 radical (unpaired) electrons. The molecule has 0 saturated carbocycles. The van der Waals surface area contributed by atoms with Crippen molar-refractivity contribution in [2.75, 3.05) is 12.4 Å². The number of carbonyl (C=O) groups excluding carboxylic acids is 1. The van der Waals surface area contributed by atoms with Gasteiger partial charge in [0, 0.05) is 0 Å². The van der Waals surface area contributed by atoms with Crippen LogP contribution in [0.4, 0.5) is 10.1 Å². The summed E-state index contributed by atoms with van der Waals surface area (Å²) >= 11 is 0. The van der Waals surface area contributed by atoms with Crippen LogP contribution in [0.5, 0.6) is 0 Å². The highest BCUT2D eigenvalue weighted by atomic mass is 19.1. The molecule has 0 spiro atoms. The number of methoxy groups -OCH3 is 1. The summed E-state index contributed by atoms with van der Waals surface area (Å²) in [5, 5.41) is 2.71. The molecule has 0 aliphatic rings. The predicted octanol–water partition coefficient (Wildman–Crippen LogP) is 1.80. The number of halogens is 1. The van der Waals surface area contributed by atoms with Gasteiger partial charge in [0.15, 0.2) is 0 Å². The van der Waals surface area contributed by atoms with Crippen LogP contribution in [-0.2, 0) is 9.53 Å². The van der Waals surface area contributed by atoms with Gasteiger partial charge in [0.05, 0.1) is 12.8 Å². The van der Waals surface area contributed by atoms with Crippen LogP contribution in [0.1, 0.15) is 6.92 Å². The number of hydrogen-bond acceptors (Lipinski definition) is 3. The third-order valence-corrected chi connectivity index (χ3v) is 1.80. The van der Waals surface area contributed by atoms with Crippen molar-refractivity contribution in [1.82, 2.24) is 0 Å². The molecule has 4 heteroatoms. The van der Waals surface area contributed by atoms with Gasteiger partial charge >= 0.3 is 5.97 Å². The van der Waals surface area contributed by atoms with Crippen LogP contribution in [0.3, 0.4) is 0 Å². The first-order chi connectivity index (χ1) is 6.65. The molecule has 0 aliphatic heterocycles. The fourth-order valence-corrected chi connectivity index (χ4v) is 1.05. The van der Waals surface area contributed by atoms with Crippen LogP contribution in [0.15, 0.2) is 24.3 Å². The van der Waals surface area contributed by atoms with Crippen LogP contribution >= 0.6 is 0 Å². The molecule has 0 heterocycles. The number of nitrogens with one attached hydrogen (secondary N) is 1. The number of esters is 1. The van der Waals surface area contributed by atoms with E-state index in [9.17, 15) is 9.18 Å². The summed E-state index contributed by atoms with van der Waals surface area (Å²) in [6, 6.07) is 5.61. The zero-order chi connectivity index (χ0) is 10.6. The van der Waals surface area contributed by atoms with Crippen molar-refractivity contribution in [2.45, 2.75) is 13.0 Å². The number of carbonyl (C=O) groups is 1. The molecule has 0 bridgehead atoms. The molecule has 1 atom stereocenters. The van der Waals surface area contributed by atoms with Crippen molar-refractivity contribution in [3.63, 3.8) is 0 Å². The Morgan fingerprint density at radius 2 is 2.14 bits per heavy atom. The fraction of sp³-hybridized carbons (Fsp3) is 0.300. The second kappa shape index (κ2) is 4.60. The van der Waals surface area contributed by atoms with E-state index in [1.807, 2.05) is 0 Å². The zero-order valence-corrected chi connectivity index (χ0v) is 8.08. The third kappa shape index (κ3) is 2.45. The average molecular weight is 197 g/mol. The van der Waals surface area contributed by atoms with Gasteiger partial charge in [-0.3, -0.25) is 0 Å². The number of hydrogen-bond donors (Lipinski definition) is 1. The fourth-order valence-electron chi connectivity index (χ4n) is 1.05. The van der Waals surface area contributed by atoms with Gasteiger partial charge in [-0.05, 0) is 19.1 Å². The lowest BCUT2D eigenvalue weighted by Gasteiger charge is -2.12. The maximum atomic E-state index is 13.1. The molecule has 0 amide bonds. The Bertz CT molecular complexity index is 328. The Morgan fingerprint density at radius 1 is 1.50 bits per heavy atom. The molecule has 0 aromatic heterocycles. The standard InChI is InChI=1S/C10H12FNO2/c1-7(10(13)14-2)12-9-6-4-3-5-8(9)11/h3-7,12H,1-2H3. The predicted molar refractivity (Wildman–Crippen MR) is 51.5 cm³/mol. The smallest absolute Gasteiger partial charge is 0.327 e. The van der Waals surface area contributed by atoms with Crippen LogP contribution in [-0.4, -0.2) is 19.1 Å². The van der Waals surface area contributed by atoms with Crippen molar-refractivity contribution in [2.24, 2.45) is 0 Å². The number of anilines is 1. The average Bonchev–Trinajstić information content (AvgIpc) is 2.20. The summed E-state index contributed by atoms with van der Waals surface area (Å²) in [4.78, 5) is 11.0. The lowest BCUT2D eigenvalue weighted by Crippen LogP contribution is -2.27. The van der Waals surface area contributed by atoms with E-state index in [2.05, 4.69) is 10.1 Å². The Labute approximate surface area is 81.9 Å². The minimum atomic E-state index is -0.558. The summed E-state index contributed by atoms with van der Waals surface area (Å²) in [5.41, 5.74) is 0.297. The van der Waals surface area contributed by atoms with E-state index in [4.69, 9.17) is 0 Å². The molecule has 1 aromatic rings. The van der Waals surface area contributed by atoms with Crippen LogP contribution in [0.25, 0.3) is 0 Å². The van der Waals surface area contributed by atoms with Gasteiger partial charge in [0.2, 0.25) is 0 Å². The number of rotatable bonds is 3. The van der Waals surface area contributed by atoms with Crippen LogP contribution in [0.2, 0.25) is 0 Å². The first-order valence-electron chi connectivity index (χ1n) is 4.24. The summed E-state index contributed by atoms with van der Waals surface area (Å²) in [6.07, 6.45) is 0. The van der Waals surface area contributed by atoms with E-state index in [-0.39, 0.29) is 5.82 Å². The van der Waals surface area contributed by atoms with Gasteiger partial charge in [-0.1, -0.05) is 12.1 Å². The molecule has 1 unspecified atom stereocenters. The molecule has 0 saturated heterocycles. The van der Waals surface area contributed by atoms with Crippen LogP contribution < -0.4 is 5.32 Å². The molecule has 76 valence electrons. The Hall–Kier alpha value is -1.58. The summed E-state index contributed by atoms with van der Waals surface area (Å²) in [6.45, 7) is 1.61. The normalized spacial score (nSPS) is 11.9. The molecule has 1 N–H and O–H groups in total. The van der Waals surface area contributed by atoms with Gasteiger partial charge in [0.25, 0.3) is 0 Å². The first-order valence-corrected chi connectivity index (χ1v) is 4.24. The summed E-state index contributed by atoms with van der Waals surface area (Å²) in [7, 11) is 1.29. The van der Waals surface area contributed by atoms with Gasteiger partial charge < -0.3 is 10.1 Å². The van der Waals surface area contributed by atoms with Gasteiger partial charge in [-0.15, -0.1) is 0 Å². The van der Waals surface area contributed by atoms with Crippen molar-refractivity contribution in [3.05, 3.63) is 30.1 Å². The zero-order valence-electron chi connectivity index (χ0n) is 8.08. The van der Waals surface area contributed by atoms with E-state index < -0.39 is 12.0 Å². The number of ether oxygens (including phenoxy) is 1. The molecule has 3 nitrogen and oxygen atoms in total. The lowest BCUT2D eigenvalue weighted by molar-refractivity contribution is -0.141. The first kappa shape index (κ1) is 10.5. The monoisotopic (exact) mass is 197 g/mol. The molecule has 1 aromatic carbocycles. The summed E-state index contributed by atoms with van der Waals surface area (Å²) in [5.74, 6) is -0.809. The van der Waals surface area contributed by atoms with Crippen molar-refractivity contribution >= 4 is 11.7 Å². The van der Waals surface area contributed by atoms with Crippen molar-refractivity contribution in [1.29, 1.82) is 0 Å². The van der Waals surface area contributed by atoms with E-state index in [0.717, 1.165) is 0 Å². The maximum Gasteiger partial charge on any atom is 0.327 e. The molecule has 0 fully saturated rings. The second-order valence-electron chi connectivity index (χ2n) is 2.87. The molecular formula is C10H12FNO2. The van der Waals surface area contributed by atoms with E-state index in [1.165, 1.54) is 13.2 Å². The minimum absolute atomic E-state index is 0.297. The molecular weight excluding hydrogens is 185 g/mol. The molecule has 0 aliphatic carbocycles. The maximum absolute atomic E-state index is 13.1. The number of benzene rings is 1.